The Balaban J connectivity index is 1.71. The number of ether oxygens (including phenoxy) is 2. The van der Waals surface area contributed by atoms with E-state index < -0.39 is 31.7 Å². The average Bonchev–Trinajstić information content (AvgIpc) is 3.46. The number of nitrogens with zero attached hydrogens (tertiary/aromatic N) is 5. The third-order valence-corrected chi connectivity index (χ3v) is 12.8. The van der Waals surface area contributed by atoms with Gasteiger partial charge in [0.15, 0.2) is 14.1 Å². The Kier molecular flexibility index (Phi) is 9.92. The Morgan fingerprint density at radius 2 is 1.50 bits per heavy atom. The molecule has 10 nitrogen and oxygen atoms in total. The summed E-state index contributed by atoms with van der Waals surface area (Å²) < 4.78 is 19.4. The van der Waals surface area contributed by atoms with Crippen molar-refractivity contribution < 1.29 is 23.5 Å². The second-order valence-corrected chi connectivity index (χ2v) is 20.3. The lowest BCUT2D eigenvalue weighted by atomic mass is 10.1. The molecule has 4 rings (SSSR count). The third-order valence-electron chi connectivity index (χ3n) is 8.23. The van der Waals surface area contributed by atoms with Crippen molar-refractivity contribution in [2.45, 2.75) is 112 Å². The number of carbonyl (C=O) groups excluding carboxylic acids is 2. The summed E-state index contributed by atoms with van der Waals surface area (Å²) >= 11 is 0. The topological polar surface area (TPSA) is 99.0 Å². The SMILES string of the molecule is Cc1c(-c2cnc3c(c2)CN(CCO[Si](C)(C)C(C)(C)C)C3)nn(-c2ccccc2)c1N(C(=O)OC(C)(C)C)C(=O)OC(C)(C)C. The molecule has 1 aliphatic rings. The van der Waals surface area contributed by atoms with Crippen LogP contribution in [0.15, 0.2) is 42.6 Å². The van der Waals surface area contributed by atoms with Gasteiger partial charge in [0.1, 0.15) is 11.2 Å². The molecule has 0 saturated heterocycles. The monoisotopic (exact) mass is 649 g/mol. The summed E-state index contributed by atoms with van der Waals surface area (Å²) in [6, 6.07) is 11.5. The lowest BCUT2D eigenvalue weighted by molar-refractivity contribution is 0.0427. The normalized spacial score (nSPS) is 14.3. The zero-order valence-corrected chi connectivity index (χ0v) is 30.6. The number of aromatic nitrogens is 3. The van der Waals surface area contributed by atoms with Gasteiger partial charge in [0.25, 0.3) is 0 Å². The summed E-state index contributed by atoms with van der Waals surface area (Å²) in [5.41, 5.74) is 3.13. The molecule has 0 radical (unpaired) electrons. The zero-order valence-electron chi connectivity index (χ0n) is 29.6. The van der Waals surface area contributed by atoms with E-state index in [1.54, 1.807) is 46.2 Å². The van der Waals surface area contributed by atoms with Crippen LogP contribution in [-0.2, 0) is 27.0 Å². The molecule has 3 aromatic rings. The van der Waals surface area contributed by atoms with Crippen molar-refractivity contribution in [1.82, 2.24) is 19.7 Å². The highest BCUT2D eigenvalue weighted by Crippen LogP contribution is 2.38. The quantitative estimate of drug-likeness (QED) is 0.236. The van der Waals surface area contributed by atoms with Crippen LogP contribution in [0.2, 0.25) is 18.1 Å². The van der Waals surface area contributed by atoms with Gasteiger partial charge >= 0.3 is 12.2 Å². The van der Waals surface area contributed by atoms with Crippen molar-refractivity contribution in [2.24, 2.45) is 0 Å². The molecule has 0 atom stereocenters. The van der Waals surface area contributed by atoms with Crippen LogP contribution in [0.5, 0.6) is 0 Å². The first-order chi connectivity index (χ1) is 21.2. The maximum absolute atomic E-state index is 13.7. The fourth-order valence-corrected chi connectivity index (χ4v) is 5.93. The number of para-hydroxylation sites is 1. The van der Waals surface area contributed by atoms with Crippen LogP contribution in [0.1, 0.15) is 79.1 Å². The Morgan fingerprint density at radius 1 is 0.913 bits per heavy atom. The van der Waals surface area contributed by atoms with Gasteiger partial charge in [0, 0.05) is 43.6 Å². The molecular weight excluding hydrogens is 599 g/mol. The van der Waals surface area contributed by atoms with E-state index in [1.165, 1.54) is 0 Å². The van der Waals surface area contributed by atoms with Gasteiger partial charge in [-0.2, -0.15) is 10.00 Å². The Labute approximate surface area is 275 Å². The summed E-state index contributed by atoms with van der Waals surface area (Å²) in [5.74, 6) is 0.245. The number of imide groups is 1. The molecule has 0 unspecified atom stereocenters. The first-order valence-electron chi connectivity index (χ1n) is 15.9. The molecule has 0 aliphatic carbocycles. The van der Waals surface area contributed by atoms with E-state index in [9.17, 15) is 9.59 Å². The molecule has 2 aromatic heterocycles. The number of hydrogen-bond acceptors (Lipinski definition) is 8. The molecule has 3 heterocycles. The molecule has 46 heavy (non-hydrogen) atoms. The highest BCUT2D eigenvalue weighted by Gasteiger charge is 2.39. The maximum atomic E-state index is 13.7. The highest BCUT2D eigenvalue weighted by molar-refractivity contribution is 6.74. The van der Waals surface area contributed by atoms with E-state index in [-0.39, 0.29) is 10.9 Å². The first-order valence-corrected chi connectivity index (χ1v) is 18.8. The van der Waals surface area contributed by atoms with Gasteiger partial charge in [0.2, 0.25) is 0 Å². The second-order valence-electron chi connectivity index (χ2n) is 15.5. The average molecular weight is 650 g/mol. The summed E-state index contributed by atoms with van der Waals surface area (Å²) in [6.07, 6.45) is 0.112. The van der Waals surface area contributed by atoms with Crippen LogP contribution >= 0.6 is 0 Å². The second kappa shape index (κ2) is 12.9. The van der Waals surface area contributed by atoms with E-state index in [1.807, 2.05) is 43.5 Å². The number of fused-ring (bicyclic) bond motifs is 1. The van der Waals surface area contributed by atoms with Gasteiger partial charge < -0.3 is 13.9 Å². The van der Waals surface area contributed by atoms with Crippen molar-refractivity contribution in [3.63, 3.8) is 0 Å². The summed E-state index contributed by atoms with van der Waals surface area (Å²) in [7, 11) is -1.82. The molecule has 0 spiro atoms. The smallest absolute Gasteiger partial charge is 0.425 e. The molecule has 0 fully saturated rings. The minimum atomic E-state index is -1.82. The van der Waals surface area contributed by atoms with Gasteiger partial charge in [-0.15, -0.1) is 0 Å². The molecule has 1 aromatic carbocycles. The lowest BCUT2D eigenvalue weighted by Crippen LogP contribution is -2.45. The molecular formula is C35H51N5O5Si. The fraction of sp³-hybridized carbons (Fsp3) is 0.543. The predicted octanol–water partition coefficient (Wildman–Crippen LogP) is 8.26. The number of rotatable bonds is 7. The molecule has 0 N–H and O–H groups in total. The molecule has 2 amide bonds. The minimum Gasteiger partial charge on any atom is -0.443 e. The van der Waals surface area contributed by atoms with E-state index in [0.29, 0.717) is 23.6 Å². The number of carbonyl (C=O) groups is 2. The zero-order chi connectivity index (χ0) is 34.2. The van der Waals surface area contributed by atoms with Crippen LogP contribution in [0.3, 0.4) is 0 Å². The van der Waals surface area contributed by atoms with E-state index in [2.05, 4.69) is 44.8 Å². The number of amides is 2. The van der Waals surface area contributed by atoms with Gasteiger partial charge in [0.05, 0.1) is 17.1 Å². The van der Waals surface area contributed by atoms with Gasteiger partial charge in [-0.3, -0.25) is 9.88 Å². The summed E-state index contributed by atoms with van der Waals surface area (Å²) in [5, 5.41) is 5.13. The van der Waals surface area contributed by atoms with Crippen LogP contribution < -0.4 is 4.90 Å². The molecule has 250 valence electrons. The highest BCUT2D eigenvalue weighted by atomic mass is 28.4. The van der Waals surface area contributed by atoms with E-state index in [4.69, 9.17) is 24.0 Å². The first kappa shape index (κ1) is 35.3. The molecule has 1 aliphatic heterocycles. The predicted molar refractivity (Wildman–Crippen MR) is 184 cm³/mol. The Morgan fingerprint density at radius 3 is 2.04 bits per heavy atom. The summed E-state index contributed by atoms with van der Waals surface area (Å²) in [4.78, 5) is 35.5. The van der Waals surface area contributed by atoms with E-state index >= 15 is 0 Å². The lowest BCUT2D eigenvalue weighted by Gasteiger charge is -2.36. The Bertz CT molecular complexity index is 1540. The number of hydrogen-bond donors (Lipinski definition) is 0. The van der Waals surface area contributed by atoms with Crippen LogP contribution in [0.25, 0.3) is 16.9 Å². The van der Waals surface area contributed by atoms with Crippen molar-refractivity contribution in [3.8, 4) is 16.9 Å². The molecule has 0 bridgehead atoms. The standard InChI is InChI=1S/C35H51N5O5Si/c1-24-29(25-20-26-22-38(23-28(26)36-21-25)18-19-43-46(11,12)35(8,9)10)37-40(27-16-14-13-15-17-27)30(24)39(31(41)44-33(2,3)4)32(42)45-34(5,6)7/h13-17,20-21H,18-19,22-23H2,1-12H3. The molecule has 0 saturated carbocycles. The van der Waals surface area contributed by atoms with Crippen molar-refractivity contribution >= 4 is 26.3 Å². The maximum Gasteiger partial charge on any atom is 0.425 e. The van der Waals surface area contributed by atoms with E-state index in [0.717, 1.165) is 41.4 Å². The fourth-order valence-electron chi connectivity index (χ4n) is 4.90. The van der Waals surface area contributed by atoms with Crippen molar-refractivity contribution in [2.75, 3.05) is 18.1 Å². The third kappa shape index (κ3) is 8.23. The Hall–Kier alpha value is -3.54. The molecule has 11 heteroatoms. The number of pyridine rings is 1. The summed E-state index contributed by atoms with van der Waals surface area (Å²) in [6.45, 7) is 26.7. The number of benzene rings is 1. The van der Waals surface area contributed by atoms with Crippen LogP contribution in [-0.4, -0.2) is 64.5 Å². The van der Waals surface area contributed by atoms with Crippen molar-refractivity contribution in [1.29, 1.82) is 0 Å². The minimum absolute atomic E-state index is 0.167. The van der Waals surface area contributed by atoms with Gasteiger partial charge in [-0.05, 0) is 90.4 Å². The van der Waals surface area contributed by atoms with Crippen LogP contribution in [0, 0.1) is 6.92 Å². The van der Waals surface area contributed by atoms with Crippen LogP contribution in [0.4, 0.5) is 15.4 Å². The van der Waals surface area contributed by atoms with Crippen molar-refractivity contribution in [3.05, 3.63) is 59.4 Å². The largest absolute Gasteiger partial charge is 0.443 e. The van der Waals surface area contributed by atoms with Gasteiger partial charge in [-0.1, -0.05) is 39.0 Å². The number of anilines is 1. The van der Waals surface area contributed by atoms with Gasteiger partial charge in [-0.25, -0.2) is 14.3 Å².